The van der Waals surface area contributed by atoms with E-state index in [1.54, 1.807) is 17.6 Å². The minimum absolute atomic E-state index is 0.0541. The van der Waals surface area contributed by atoms with E-state index < -0.39 is 11.7 Å². The van der Waals surface area contributed by atoms with E-state index in [9.17, 15) is 13.2 Å². The summed E-state index contributed by atoms with van der Waals surface area (Å²) >= 11 is 6.04. The van der Waals surface area contributed by atoms with Crippen molar-refractivity contribution in [1.82, 2.24) is 19.6 Å². The lowest BCUT2D eigenvalue weighted by Crippen LogP contribution is -2.08. The molecule has 0 bridgehead atoms. The van der Waals surface area contributed by atoms with Gasteiger partial charge in [-0.15, -0.1) is 0 Å². The Bertz CT molecular complexity index is 964. The minimum Gasteiger partial charge on any atom is -0.323 e. The smallest absolute Gasteiger partial charge is 0.323 e. The van der Waals surface area contributed by atoms with Gasteiger partial charge in [-0.1, -0.05) is 25.4 Å². The molecule has 0 atom stereocenters. The van der Waals surface area contributed by atoms with E-state index >= 15 is 0 Å². The minimum atomic E-state index is -4.45. The standard InChI is InChI=1S/C18H19ClF3N5/c1-4-11(5-2)13-9-23-27-16(13)24-10(3)25-17(27)26-15-7-6-12(8-14(15)19)18(20,21)22/h6-9,11H,4-5H2,1-3H3,(H,24,25,26). The summed E-state index contributed by atoms with van der Waals surface area (Å²) in [5.41, 5.74) is 1.20. The van der Waals surface area contributed by atoms with Crippen LogP contribution in [0.3, 0.4) is 0 Å². The van der Waals surface area contributed by atoms with Crippen LogP contribution in [-0.4, -0.2) is 19.6 Å². The van der Waals surface area contributed by atoms with Crippen molar-refractivity contribution in [3.8, 4) is 0 Å². The van der Waals surface area contributed by atoms with Crippen LogP contribution in [0, 0.1) is 6.92 Å². The Labute approximate surface area is 159 Å². The van der Waals surface area contributed by atoms with Gasteiger partial charge in [0.05, 0.1) is 22.5 Å². The van der Waals surface area contributed by atoms with Gasteiger partial charge in [-0.3, -0.25) is 0 Å². The van der Waals surface area contributed by atoms with Crippen LogP contribution in [-0.2, 0) is 6.18 Å². The van der Waals surface area contributed by atoms with Crippen LogP contribution < -0.4 is 5.32 Å². The molecule has 27 heavy (non-hydrogen) atoms. The predicted molar refractivity (Wildman–Crippen MR) is 98.6 cm³/mol. The quantitative estimate of drug-likeness (QED) is 0.595. The normalized spacial score (nSPS) is 12.1. The number of aromatic nitrogens is 4. The summed E-state index contributed by atoms with van der Waals surface area (Å²) in [5.74, 6) is 1.19. The fourth-order valence-corrected chi connectivity index (χ4v) is 3.24. The topological polar surface area (TPSA) is 55.1 Å². The van der Waals surface area contributed by atoms with Gasteiger partial charge in [0.2, 0.25) is 5.95 Å². The first-order chi connectivity index (χ1) is 12.7. The van der Waals surface area contributed by atoms with Gasteiger partial charge in [-0.05, 0) is 43.9 Å². The Kier molecular flexibility index (Phi) is 5.28. The molecule has 0 radical (unpaired) electrons. The average Bonchev–Trinajstić information content (AvgIpc) is 3.01. The first-order valence-corrected chi connectivity index (χ1v) is 8.98. The first-order valence-electron chi connectivity index (χ1n) is 8.60. The number of alkyl halides is 3. The van der Waals surface area contributed by atoms with Crippen molar-refractivity contribution in [2.45, 2.75) is 45.7 Å². The van der Waals surface area contributed by atoms with Gasteiger partial charge < -0.3 is 5.32 Å². The summed E-state index contributed by atoms with van der Waals surface area (Å²) in [5, 5.41) is 7.28. The second-order valence-corrected chi connectivity index (χ2v) is 6.67. The third-order valence-corrected chi connectivity index (χ3v) is 4.79. The van der Waals surface area contributed by atoms with Crippen LogP contribution in [0.2, 0.25) is 5.02 Å². The Balaban J connectivity index is 2.03. The van der Waals surface area contributed by atoms with Crippen molar-refractivity contribution in [3.05, 3.63) is 46.4 Å². The Hall–Kier alpha value is -2.35. The van der Waals surface area contributed by atoms with E-state index in [-0.39, 0.29) is 5.02 Å². The zero-order chi connectivity index (χ0) is 19.8. The molecule has 0 fully saturated rings. The second kappa shape index (κ2) is 7.34. The summed E-state index contributed by atoms with van der Waals surface area (Å²) in [6, 6.07) is 3.13. The number of rotatable bonds is 5. The molecule has 0 aliphatic rings. The summed E-state index contributed by atoms with van der Waals surface area (Å²) < 4.78 is 40.0. The molecular formula is C18H19ClF3N5. The molecule has 9 heteroatoms. The molecule has 0 amide bonds. The molecule has 2 aromatic heterocycles. The Morgan fingerprint density at radius 2 is 1.89 bits per heavy atom. The van der Waals surface area contributed by atoms with E-state index in [1.807, 2.05) is 0 Å². The zero-order valence-corrected chi connectivity index (χ0v) is 15.9. The number of fused-ring (bicyclic) bond motifs is 1. The first kappa shape index (κ1) is 19.4. The molecular weight excluding hydrogens is 379 g/mol. The van der Waals surface area contributed by atoms with E-state index in [4.69, 9.17) is 11.6 Å². The highest BCUT2D eigenvalue weighted by Gasteiger charge is 2.31. The molecule has 0 saturated carbocycles. The van der Waals surface area contributed by atoms with Crippen LogP contribution in [0.25, 0.3) is 5.65 Å². The fourth-order valence-electron chi connectivity index (χ4n) is 3.01. The average molecular weight is 398 g/mol. The number of hydrogen-bond donors (Lipinski definition) is 1. The van der Waals surface area contributed by atoms with Crippen LogP contribution >= 0.6 is 11.6 Å². The van der Waals surface area contributed by atoms with Crippen molar-refractivity contribution < 1.29 is 13.2 Å². The van der Waals surface area contributed by atoms with Gasteiger partial charge in [0.15, 0.2) is 5.65 Å². The largest absolute Gasteiger partial charge is 0.416 e. The number of nitrogens with zero attached hydrogens (tertiary/aromatic N) is 4. The van der Waals surface area contributed by atoms with Crippen molar-refractivity contribution in [2.24, 2.45) is 0 Å². The highest BCUT2D eigenvalue weighted by molar-refractivity contribution is 6.33. The Morgan fingerprint density at radius 3 is 2.48 bits per heavy atom. The molecule has 3 aromatic rings. The number of hydrogen-bond acceptors (Lipinski definition) is 4. The fraction of sp³-hybridized carbons (Fsp3) is 0.389. The number of halogens is 4. The predicted octanol–water partition coefficient (Wildman–Crippen LogP) is 5.75. The SMILES string of the molecule is CCC(CC)c1cnn2c(Nc3ccc(C(F)(F)F)cc3Cl)nc(C)nc12. The van der Waals surface area contributed by atoms with Gasteiger partial charge in [0.25, 0.3) is 0 Å². The van der Waals surface area contributed by atoms with Gasteiger partial charge in [0.1, 0.15) is 5.82 Å². The maximum absolute atomic E-state index is 12.8. The van der Waals surface area contributed by atoms with Crippen LogP contribution in [0.5, 0.6) is 0 Å². The highest BCUT2D eigenvalue weighted by Crippen LogP contribution is 2.35. The highest BCUT2D eigenvalue weighted by atomic mass is 35.5. The summed E-state index contributed by atoms with van der Waals surface area (Å²) in [4.78, 5) is 8.82. The number of nitrogens with one attached hydrogen (secondary N) is 1. The van der Waals surface area contributed by atoms with E-state index in [0.29, 0.717) is 29.0 Å². The summed E-state index contributed by atoms with van der Waals surface area (Å²) in [7, 11) is 0. The molecule has 3 rings (SSSR count). The van der Waals surface area contributed by atoms with Crippen LogP contribution in [0.15, 0.2) is 24.4 Å². The third kappa shape index (κ3) is 3.85. The summed E-state index contributed by atoms with van der Waals surface area (Å²) in [6.45, 7) is 5.96. The summed E-state index contributed by atoms with van der Waals surface area (Å²) in [6.07, 6.45) is -0.781. The van der Waals surface area contributed by atoms with Gasteiger partial charge in [-0.25, -0.2) is 4.98 Å². The van der Waals surface area contributed by atoms with Gasteiger partial charge in [-0.2, -0.15) is 27.8 Å². The molecule has 2 heterocycles. The second-order valence-electron chi connectivity index (χ2n) is 6.26. The molecule has 5 nitrogen and oxygen atoms in total. The molecule has 0 unspecified atom stereocenters. The molecule has 1 aromatic carbocycles. The zero-order valence-electron chi connectivity index (χ0n) is 15.1. The van der Waals surface area contributed by atoms with Crippen LogP contribution in [0.1, 0.15) is 49.6 Å². The lowest BCUT2D eigenvalue weighted by Gasteiger charge is -2.13. The number of anilines is 2. The van der Waals surface area contributed by atoms with Crippen molar-refractivity contribution in [1.29, 1.82) is 0 Å². The number of aryl methyl sites for hydroxylation is 1. The van der Waals surface area contributed by atoms with Gasteiger partial charge in [0, 0.05) is 5.56 Å². The number of benzene rings is 1. The lowest BCUT2D eigenvalue weighted by atomic mass is 9.96. The van der Waals surface area contributed by atoms with Crippen molar-refractivity contribution >= 4 is 28.9 Å². The van der Waals surface area contributed by atoms with E-state index in [1.165, 1.54) is 6.07 Å². The Morgan fingerprint density at radius 1 is 1.19 bits per heavy atom. The molecule has 0 aliphatic heterocycles. The molecule has 0 saturated heterocycles. The monoisotopic (exact) mass is 397 g/mol. The van der Waals surface area contributed by atoms with E-state index in [2.05, 4.69) is 34.2 Å². The maximum atomic E-state index is 12.8. The molecule has 1 N–H and O–H groups in total. The van der Waals surface area contributed by atoms with Crippen LogP contribution in [0.4, 0.5) is 24.8 Å². The molecule has 0 aliphatic carbocycles. The molecule has 144 valence electrons. The van der Waals surface area contributed by atoms with Crippen molar-refractivity contribution in [3.63, 3.8) is 0 Å². The van der Waals surface area contributed by atoms with E-state index in [0.717, 1.165) is 30.5 Å². The molecule has 0 spiro atoms. The van der Waals surface area contributed by atoms with Gasteiger partial charge >= 0.3 is 6.18 Å². The lowest BCUT2D eigenvalue weighted by molar-refractivity contribution is -0.137. The maximum Gasteiger partial charge on any atom is 0.416 e. The third-order valence-electron chi connectivity index (χ3n) is 4.48. The van der Waals surface area contributed by atoms with Crippen molar-refractivity contribution in [2.75, 3.05) is 5.32 Å².